The maximum atomic E-state index is 13.4. The van der Waals surface area contributed by atoms with E-state index in [-0.39, 0.29) is 40.4 Å². The van der Waals surface area contributed by atoms with Crippen molar-refractivity contribution in [2.75, 3.05) is 11.5 Å². The minimum absolute atomic E-state index is 0.00889. The lowest BCUT2D eigenvalue weighted by molar-refractivity contribution is -0.687. The zero-order valence-electron chi connectivity index (χ0n) is 26.7. The normalized spacial score (nSPS) is 17.7. The molecular weight excluding hydrogens is 687 g/mol. The molecule has 5 heterocycles. The van der Waals surface area contributed by atoms with Crippen molar-refractivity contribution in [1.82, 2.24) is 19.8 Å². The number of carboxylic acids is 2. The summed E-state index contributed by atoms with van der Waals surface area (Å²) in [6.45, 7) is 3.32. The highest BCUT2D eigenvalue weighted by molar-refractivity contribution is 8.00. The topological polar surface area (TPSA) is 243 Å². The number of nitrogens with one attached hydrogen (secondary N) is 2. The third kappa shape index (κ3) is 6.61. The Balaban J connectivity index is 1.18. The van der Waals surface area contributed by atoms with E-state index in [9.17, 15) is 29.4 Å². The molecule has 0 aliphatic carbocycles. The molecule has 1 saturated heterocycles. The zero-order chi connectivity index (χ0) is 35.9. The van der Waals surface area contributed by atoms with E-state index in [1.807, 2.05) is 59.6 Å². The van der Waals surface area contributed by atoms with Crippen LogP contribution >= 0.6 is 23.1 Å². The van der Waals surface area contributed by atoms with Gasteiger partial charge in [-0.25, -0.2) is 19.1 Å². The minimum atomic E-state index is -1.77. The van der Waals surface area contributed by atoms with Crippen LogP contribution in [0.3, 0.4) is 0 Å². The number of nitrogen functional groups attached to an aromatic ring is 2. The molecule has 50 heavy (non-hydrogen) atoms. The van der Waals surface area contributed by atoms with E-state index in [1.54, 1.807) is 0 Å². The Bertz CT molecular complexity index is 2120. The van der Waals surface area contributed by atoms with Crippen LogP contribution in [0.5, 0.6) is 0 Å². The number of carbonyl (C=O) groups is 4. The lowest BCUT2D eigenvalue weighted by atomic mass is 10.0. The van der Waals surface area contributed by atoms with Gasteiger partial charge in [0.1, 0.15) is 28.6 Å². The van der Waals surface area contributed by atoms with Crippen LogP contribution in [-0.4, -0.2) is 82.7 Å². The number of thioether (sulfide) groups is 1. The molecule has 4 aromatic rings. The number of pyridine rings is 1. The zero-order valence-corrected chi connectivity index (χ0v) is 28.3. The SMILES string of the molecule is CC(C)(O/N=C(\C(=O)N[C@@H]1C(=O)N2C(C(=O)O)=C(C[n+]3ccc4c(ccn4Cc4ccc(C(=N)N)cc4)c3)CS[C@H]12)c1csc(N)n1)C(=O)O. The van der Waals surface area contributed by atoms with Gasteiger partial charge in [-0.05, 0) is 25.5 Å². The number of carboxylic acid groups (broad SMARTS) is 2. The van der Waals surface area contributed by atoms with Gasteiger partial charge in [0, 0.05) is 41.1 Å². The first-order valence-corrected chi connectivity index (χ1v) is 17.0. The number of oxime groups is 1. The first kappa shape index (κ1) is 34.1. The molecule has 0 spiro atoms. The number of nitrogens with zero attached hydrogens (tertiary/aromatic N) is 5. The van der Waals surface area contributed by atoms with Crippen molar-refractivity contribution in [2.24, 2.45) is 10.9 Å². The number of hydrogen-bond donors (Lipinski definition) is 6. The predicted molar refractivity (Wildman–Crippen MR) is 184 cm³/mol. The molecule has 16 nitrogen and oxygen atoms in total. The predicted octanol–water partition coefficient (Wildman–Crippen LogP) is 1.32. The second-order valence-corrected chi connectivity index (χ2v) is 14.0. The number of fused-ring (bicyclic) bond motifs is 2. The van der Waals surface area contributed by atoms with Crippen molar-refractivity contribution in [3.8, 4) is 0 Å². The van der Waals surface area contributed by atoms with Crippen molar-refractivity contribution in [2.45, 2.75) is 44.0 Å². The molecule has 18 heteroatoms. The molecule has 0 bridgehead atoms. The van der Waals surface area contributed by atoms with Gasteiger partial charge in [0.2, 0.25) is 5.60 Å². The fourth-order valence-corrected chi connectivity index (χ4v) is 7.33. The quantitative estimate of drug-likeness (QED) is 0.0401. The van der Waals surface area contributed by atoms with Crippen LogP contribution in [0.1, 0.15) is 30.7 Å². The van der Waals surface area contributed by atoms with Crippen LogP contribution in [0.15, 0.2) is 76.8 Å². The van der Waals surface area contributed by atoms with Gasteiger partial charge in [0.25, 0.3) is 11.8 Å². The molecule has 1 fully saturated rings. The van der Waals surface area contributed by atoms with Gasteiger partial charge in [-0.3, -0.25) is 19.9 Å². The summed E-state index contributed by atoms with van der Waals surface area (Å²) in [5.41, 5.74) is 12.2. The number of hydrogen-bond acceptors (Lipinski definition) is 11. The highest BCUT2D eigenvalue weighted by atomic mass is 32.2. The smallest absolute Gasteiger partial charge is 0.352 e. The summed E-state index contributed by atoms with van der Waals surface area (Å²) in [6, 6.07) is 10.3. The Hall–Kier alpha value is -5.75. The summed E-state index contributed by atoms with van der Waals surface area (Å²) >= 11 is 2.33. The molecule has 8 N–H and O–H groups in total. The Morgan fingerprint density at radius 3 is 2.58 bits per heavy atom. The van der Waals surface area contributed by atoms with E-state index in [4.69, 9.17) is 21.7 Å². The van der Waals surface area contributed by atoms with Gasteiger partial charge in [0.05, 0.1) is 10.9 Å². The summed E-state index contributed by atoms with van der Waals surface area (Å²) < 4.78 is 3.94. The number of amidine groups is 1. The van der Waals surface area contributed by atoms with E-state index in [0.29, 0.717) is 17.7 Å². The summed E-state index contributed by atoms with van der Waals surface area (Å²) in [4.78, 5) is 61.1. The molecule has 2 aliphatic heterocycles. The first-order valence-electron chi connectivity index (χ1n) is 15.1. The number of anilines is 1. The van der Waals surface area contributed by atoms with Crippen molar-refractivity contribution >= 4 is 74.4 Å². The molecule has 2 aliphatic rings. The molecule has 2 amide bonds. The fraction of sp³-hybridized carbons (Fsp3) is 0.250. The maximum absolute atomic E-state index is 13.4. The van der Waals surface area contributed by atoms with Gasteiger partial charge in [-0.15, -0.1) is 23.1 Å². The van der Waals surface area contributed by atoms with E-state index in [1.165, 1.54) is 35.9 Å². The molecular formula is C32H32N9O7S2+. The summed E-state index contributed by atoms with van der Waals surface area (Å²) in [7, 11) is 0. The average molecular weight is 719 g/mol. The van der Waals surface area contributed by atoms with Crippen LogP contribution in [0.2, 0.25) is 0 Å². The standard InChI is InChI=1S/C32H31N9O7S2/c1-32(2,30(46)47)48-38-22(20-15-50-31(35)36-20)26(42)37-23-27(43)41-24(29(44)45)19(14-49-28(23)41)13-39-9-8-21-18(12-39)7-10-40(21)11-16-3-5-17(6-4-16)25(33)34/h3-10,12,15,23,28H,11,13-14H2,1-2H3,(H7-,33,34,35,36,37,42,44,45,46,47)/p+1/b38-22-/t23-,28-/m1/s1. The van der Waals surface area contributed by atoms with E-state index in [0.717, 1.165) is 27.8 Å². The molecule has 2 atom stereocenters. The molecule has 0 unspecified atom stereocenters. The second kappa shape index (κ2) is 13.3. The monoisotopic (exact) mass is 718 g/mol. The minimum Gasteiger partial charge on any atom is -0.478 e. The molecule has 3 aromatic heterocycles. The van der Waals surface area contributed by atoms with Gasteiger partial charge >= 0.3 is 11.9 Å². The Kier molecular flexibility index (Phi) is 9.06. The lowest BCUT2D eigenvalue weighted by Gasteiger charge is -2.49. The van der Waals surface area contributed by atoms with Gasteiger partial charge < -0.3 is 36.4 Å². The van der Waals surface area contributed by atoms with E-state index in [2.05, 4.69) is 20.0 Å². The van der Waals surface area contributed by atoms with Gasteiger partial charge in [0.15, 0.2) is 29.8 Å². The average Bonchev–Trinajstić information content (AvgIpc) is 3.68. The highest BCUT2D eigenvalue weighted by Gasteiger charge is 2.55. The number of benzene rings is 1. The number of nitrogens with two attached hydrogens (primary N) is 2. The Morgan fingerprint density at radius 2 is 1.94 bits per heavy atom. The number of thiazole rings is 1. The third-order valence-corrected chi connectivity index (χ3v) is 10.2. The molecule has 1 aromatic carbocycles. The van der Waals surface area contributed by atoms with Crippen LogP contribution in [0.25, 0.3) is 10.9 Å². The number of rotatable bonds is 12. The Morgan fingerprint density at radius 1 is 1.20 bits per heavy atom. The molecule has 0 saturated carbocycles. The van der Waals surface area contributed by atoms with Gasteiger partial charge in [-0.2, -0.15) is 0 Å². The van der Waals surface area contributed by atoms with Crippen LogP contribution in [-0.2, 0) is 37.1 Å². The molecule has 0 radical (unpaired) electrons. The number of β-lactam (4-membered cyclic amide) rings is 1. The number of carbonyl (C=O) groups excluding carboxylic acids is 2. The summed E-state index contributed by atoms with van der Waals surface area (Å²) in [6.07, 6.45) is 5.72. The van der Waals surface area contributed by atoms with E-state index < -0.39 is 40.8 Å². The van der Waals surface area contributed by atoms with Crippen LogP contribution < -0.4 is 21.4 Å². The summed E-state index contributed by atoms with van der Waals surface area (Å²) in [5, 5.41) is 35.3. The number of amides is 2. The maximum Gasteiger partial charge on any atom is 0.352 e. The highest BCUT2D eigenvalue weighted by Crippen LogP contribution is 2.40. The number of aromatic nitrogens is 3. The Labute approximate surface area is 292 Å². The largest absolute Gasteiger partial charge is 0.478 e. The van der Waals surface area contributed by atoms with Crippen molar-refractivity contribution < 1.29 is 38.8 Å². The van der Waals surface area contributed by atoms with Gasteiger partial charge in [-0.1, -0.05) is 29.4 Å². The second-order valence-electron chi connectivity index (χ2n) is 12.0. The lowest BCUT2D eigenvalue weighted by Crippen LogP contribution is -2.71. The van der Waals surface area contributed by atoms with Crippen LogP contribution in [0, 0.1) is 5.41 Å². The summed E-state index contributed by atoms with van der Waals surface area (Å²) in [5.74, 6) is -3.79. The van der Waals surface area contributed by atoms with E-state index >= 15 is 0 Å². The van der Waals surface area contributed by atoms with Crippen molar-refractivity contribution in [3.63, 3.8) is 0 Å². The fourth-order valence-electron chi connectivity index (χ4n) is 5.45. The van der Waals surface area contributed by atoms with Crippen molar-refractivity contribution in [1.29, 1.82) is 5.41 Å². The number of aliphatic carboxylic acids is 2. The molecule has 258 valence electrons. The first-order chi connectivity index (χ1) is 23.7. The van der Waals surface area contributed by atoms with Crippen molar-refractivity contribution in [3.05, 3.63) is 88.5 Å². The third-order valence-electron chi connectivity index (χ3n) is 8.16. The van der Waals surface area contributed by atoms with Crippen LogP contribution in [0.4, 0.5) is 5.13 Å². The molecule has 6 rings (SSSR count).